The Labute approximate surface area is 211 Å². The fraction of sp³-hybridized carbons (Fsp3) is 0.500. The van der Waals surface area contributed by atoms with Crippen LogP contribution in [0, 0.1) is 19.3 Å². The van der Waals surface area contributed by atoms with Gasteiger partial charge in [0.05, 0.1) is 12.1 Å². The van der Waals surface area contributed by atoms with Gasteiger partial charge in [-0.1, -0.05) is 0 Å². The molecule has 2 amide bonds. The number of amides is 2. The highest BCUT2D eigenvalue weighted by Gasteiger charge is 2.27. The average molecular weight is 496 g/mol. The van der Waals surface area contributed by atoms with Gasteiger partial charge in [0.25, 0.3) is 11.5 Å². The van der Waals surface area contributed by atoms with Crippen LogP contribution < -0.4 is 21.5 Å². The predicted molar refractivity (Wildman–Crippen MR) is 141 cm³/mol. The van der Waals surface area contributed by atoms with Gasteiger partial charge in [-0.05, 0) is 65.3 Å². The lowest BCUT2D eigenvalue weighted by Crippen LogP contribution is -2.42. The molecule has 1 fully saturated rings. The molecule has 1 aliphatic heterocycles. The lowest BCUT2D eigenvalue weighted by Gasteiger charge is -2.32. The molecule has 0 radical (unpaired) electrons. The molecule has 194 valence electrons. The monoisotopic (exact) mass is 495 g/mol. The van der Waals surface area contributed by atoms with Crippen molar-refractivity contribution in [1.82, 2.24) is 25.5 Å². The third kappa shape index (κ3) is 6.37. The van der Waals surface area contributed by atoms with Crippen molar-refractivity contribution in [2.45, 2.75) is 59.0 Å². The van der Waals surface area contributed by atoms with Crippen molar-refractivity contribution >= 4 is 23.8 Å². The summed E-state index contributed by atoms with van der Waals surface area (Å²) < 4.78 is 0. The van der Waals surface area contributed by atoms with Gasteiger partial charge >= 0.3 is 0 Å². The number of rotatable bonds is 9. The molecule has 5 N–H and O–H groups in total. The number of hydrogen-bond donors (Lipinski definition) is 5. The Balaban J connectivity index is 1.88. The number of likely N-dealkylation sites (tertiary alicyclic amines) is 1. The Morgan fingerprint density at radius 3 is 2.53 bits per heavy atom. The van der Waals surface area contributed by atoms with Crippen LogP contribution >= 0.6 is 0 Å². The minimum Gasteiger partial charge on any atom is -0.367 e. The molecule has 1 saturated heterocycles. The van der Waals surface area contributed by atoms with Gasteiger partial charge in [0.2, 0.25) is 5.91 Å². The molecule has 0 saturated carbocycles. The van der Waals surface area contributed by atoms with Gasteiger partial charge in [0.1, 0.15) is 5.82 Å². The first-order valence-electron chi connectivity index (χ1n) is 12.4. The summed E-state index contributed by atoms with van der Waals surface area (Å²) in [6, 6.07) is 3.68. The Morgan fingerprint density at radius 1 is 1.25 bits per heavy atom. The summed E-state index contributed by atoms with van der Waals surface area (Å²) in [6.45, 7) is 9.25. The zero-order valence-electron chi connectivity index (χ0n) is 21.7. The maximum absolute atomic E-state index is 13.3. The summed E-state index contributed by atoms with van der Waals surface area (Å²) in [6.07, 6.45) is 2.62. The van der Waals surface area contributed by atoms with E-state index in [-0.39, 0.29) is 35.9 Å². The van der Waals surface area contributed by atoms with E-state index < -0.39 is 0 Å². The summed E-state index contributed by atoms with van der Waals surface area (Å²) in [7, 11) is 1.76. The van der Waals surface area contributed by atoms with Crippen LogP contribution in [0.5, 0.6) is 0 Å². The van der Waals surface area contributed by atoms with Crippen LogP contribution in [0.2, 0.25) is 0 Å². The molecule has 10 heteroatoms. The molecule has 0 atom stereocenters. The van der Waals surface area contributed by atoms with Crippen molar-refractivity contribution in [2.24, 2.45) is 0 Å². The standard InChI is InChI=1S/C26H37N7O3/c1-15(2)30-24-20(12-27)19(25(35)29-13-21-16(3)10-17(4)31-26(21)36)11-22(32-24)18-6-8-33(9-7-18)23(34)14-28-5/h10-12,15,18,27-28H,6-9,13-14H2,1-5H3,(H,29,35)(H,30,32)(H,31,36). The first-order chi connectivity index (χ1) is 17.1. The van der Waals surface area contributed by atoms with E-state index in [0.717, 1.165) is 36.0 Å². The molecule has 3 rings (SSSR count). The number of likely N-dealkylation sites (N-methyl/N-ethyl adjacent to an activating group) is 1. The quantitative estimate of drug-likeness (QED) is 0.337. The second-order valence-corrected chi connectivity index (χ2v) is 9.61. The van der Waals surface area contributed by atoms with Gasteiger partial charge in [0, 0.05) is 60.3 Å². The van der Waals surface area contributed by atoms with Crippen molar-refractivity contribution in [3.8, 4) is 0 Å². The zero-order chi connectivity index (χ0) is 26.4. The van der Waals surface area contributed by atoms with Crippen molar-refractivity contribution < 1.29 is 9.59 Å². The molecule has 36 heavy (non-hydrogen) atoms. The van der Waals surface area contributed by atoms with Crippen LogP contribution in [0.4, 0.5) is 5.82 Å². The van der Waals surface area contributed by atoms with Crippen LogP contribution in [0.15, 0.2) is 16.9 Å². The van der Waals surface area contributed by atoms with Crippen molar-refractivity contribution in [2.75, 3.05) is 32.0 Å². The number of aryl methyl sites for hydroxylation is 2. The van der Waals surface area contributed by atoms with Gasteiger partial charge in [-0.2, -0.15) is 0 Å². The summed E-state index contributed by atoms with van der Waals surface area (Å²) in [5.74, 6) is 0.280. The number of pyridine rings is 2. The second-order valence-electron chi connectivity index (χ2n) is 9.61. The van der Waals surface area contributed by atoms with Crippen molar-refractivity contribution in [1.29, 1.82) is 5.41 Å². The number of carbonyl (C=O) groups excluding carboxylic acids is 2. The molecular formula is C26H37N7O3. The molecule has 0 bridgehead atoms. The number of nitrogens with zero attached hydrogens (tertiary/aromatic N) is 2. The smallest absolute Gasteiger partial charge is 0.253 e. The number of hydrogen-bond acceptors (Lipinski definition) is 7. The lowest BCUT2D eigenvalue weighted by molar-refractivity contribution is -0.131. The first kappa shape index (κ1) is 27.1. The number of nitrogens with one attached hydrogen (secondary N) is 5. The SMILES string of the molecule is CNCC(=O)N1CCC(c2cc(C(=O)NCc3c(C)cc(C)[nH]c3=O)c(C=N)c(NC(C)C)n2)CC1. The Morgan fingerprint density at radius 2 is 1.94 bits per heavy atom. The first-order valence-corrected chi connectivity index (χ1v) is 12.4. The Bertz CT molecular complexity index is 1180. The normalized spacial score (nSPS) is 14.1. The molecule has 3 heterocycles. The van der Waals surface area contributed by atoms with Gasteiger partial charge in [-0.25, -0.2) is 4.98 Å². The molecule has 2 aromatic heterocycles. The van der Waals surface area contributed by atoms with Crippen molar-refractivity contribution in [3.05, 3.63) is 56.1 Å². The van der Waals surface area contributed by atoms with E-state index in [2.05, 4.69) is 20.9 Å². The fourth-order valence-corrected chi connectivity index (χ4v) is 4.55. The van der Waals surface area contributed by atoms with Gasteiger partial charge in [-0.3, -0.25) is 14.4 Å². The van der Waals surface area contributed by atoms with Gasteiger partial charge in [0.15, 0.2) is 0 Å². The summed E-state index contributed by atoms with van der Waals surface area (Å²) in [5.41, 5.74) is 3.35. The number of anilines is 1. The minimum atomic E-state index is -0.370. The predicted octanol–water partition coefficient (Wildman–Crippen LogP) is 2.06. The number of carbonyl (C=O) groups is 2. The maximum atomic E-state index is 13.3. The van der Waals surface area contributed by atoms with Crippen LogP contribution in [-0.2, 0) is 11.3 Å². The molecule has 2 aromatic rings. The zero-order valence-corrected chi connectivity index (χ0v) is 21.7. The number of aromatic amines is 1. The van der Waals surface area contributed by atoms with Crippen LogP contribution in [-0.4, -0.2) is 65.6 Å². The highest BCUT2D eigenvalue weighted by Crippen LogP contribution is 2.30. The third-order valence-electron chi connectivity index (χ3n) is 6.41. The highest BCUT2D eigenvalue weighted by molar-refractivity contribution is 6.04. The molecule has 0 unspecified atom stereocenters. The van der Waals surface area contributed by atoms with E-state index >= 15 is 0 Å². The van der Waals surface area contributed by atoms with Crippen LogP contribution in [0.3, 0.4) is 0 Å². The van der Waals surface area contributed by atoms with E-state index in [9.17, 15) is 14.4 Å². The summed E-state index contributed by atoms with van der Waals surface area (Å²) in [5, 5.41) is 17.0. The average Bonchev–Trinajstić information content (AvgIpc) is 2.82. The number of aromatic nitrogens is 2. The van der Waals surface area contributed by atoms with Crippen LogP contribution in [0.25, 0.3) is 0 Å². The topological polar surface area (TPSA) is 143 Å². The second kappa shape index (κ2) is 11.9. The van der Waals surface area contributed by atoms with Crippen molar-refractivity contribution in [3.63, 3.8) is 0 Å². The van der Waals surface area contributed by atoms with E-state index in [1.807, 2.05) is 38.7 Å². The molecular weight excluding hydrogens is 458 g/mol. The molecule has 0 aromatic carbocycles. The van der Waals surface area contributed by atoms with E-state index in [4.69, 9.17) is 10.4 Å². The van der Waals surface area contributed by atoms with Gasteiger partial charge < -0.3 is 31.2 Å². The largest absolute Gasteiger partial charge is 0.367 e. The molecule has 1 aliphatic rings. The maximum Gasteiger partial charge on any atom is 0.253 e. The van der Waals surface area contributed by atoms with Gasteiger partial charge in [-0.15, -0.1) is 0 Å². The van der Waals surface area contributed by atoms with E-state index in [1.165, 1.54) is 0 Å². The molecule has 0 spiro atoms. The highest BCUT2D eigenvalue weighted by atomic mass is 16.2. The number of H-pyrrole nitrogens is 1. The summed E-state index contributed by atoms with van der Waals surface area (Å²) in [4.78, 5) is 47.4. The number of piperidine rings is 1. The third-order valence-corrected chi connectivity index (χ3v) is 6.41. The van der Waals surface area contributed by atoms with Crippen LogP contribution in [0.1, 0.15) is 71.0 Å². The minimum absolute atomic E-state index is 0.0529. The van der Waals surface area contributed by atoms with E-state index in [0.29, 0.717) is 42.1 Å². The fourth-order valence-electron chi connectivity index (χ4n) is 4.55. The summed E-state index contributed by atoms with van der Waals surface area (Å²) >= 11 is 0. The lowest BCUT2D eigenvalue weighted by atomic mass is 9.91. The molecule has 0 aliphatic carbocycles. The van der Waals surface area contributed by atoms with E-state index in [1.54, 1.807) is 13.1 Å². The Kier molecular flexibility index (Phi) is 8.98. The Hall–Kier alpha value is -3.53. The molecule has 10 nitrogen and oxygen atoms in total.